The Bertz CT molecular complexity index is 855. The van der Waals surface area contributed by atoms with E-state index in [0.29, 0.717) is 22.4 Å². The predicted molar refractivity (Wildman–Crippen MR) is 88.3 cm³/mol. The molecule has 0 atom stereocenters. The van der Waals surface area contributed by atoms with Gasteiger partial charge in [0, 0.05) is 18.3 Å². The zero-order chi connectivity index (χ0) is 16.7. The summed E-state index contributed by atoms with van der Waals surface area (Å²) < 4.78 is 0. The van der Waals surface area contributed by atoms with Crippen molar-refractivity contribution in [3.63, 3.8) is 0 Å². The van der Waals surface area contributed by atoms with E-state index in [1.807, 2.05) is 6.92 Å². The van der Waals surface area contributed by atoms with Crippen LogP contribution in [0.15, 0.2) is 36.4 Å². The van der Waals surface area contributed by atoms with Gasteiger partial charge in [-0.3, -0.25) is 14.4 Å². The second-order valence-electron chi connectivity index (χ2n) is 5.51. The van der Waals surface area contributed by atoms with Crippen molar-refractivity contribution in [2.75, 3.05) is 17.3 Å². The average Bonchev–Trinajstić information content (AvgIpc) is 2.79. The predicted octanol–water partition coefficient (Wildman–Crippen LogP) is 3.04. The number of carbonyl (C=O) groups excluding carboxylic acids is 3. The molecular formula is C18H16N2O3. The molecular weight excluding hydrogens is 292 g/mol. The van der Waals surface area contributed by atoms with Gasteiger partial charge in [-0.25, -0.2) is 4.90 Å². The number of imide groups is 1. The van der Waals surface area contributed by atoms with Crippen molar-refractivity contribution in [1.29, 1.82) is 0 Å². The van der Waals surface area contributed by atoms with Gasteiger partial charge in [0.2, 0.25) is 0 Å². The number of nitrogens with zero attached hydrogens (tertiary/aromatic N) is 1. The van der Waals surface area contributed by atoms with E-state index in [0.717, 1.165) is 16.2 Å². The number of nitrogens with one attached hydrogen (secondary N) is 1. The summed E-state index contributed by atoms with van der Waals surface area (Å²) in [6.45, 7) is 3.26. The van der Waals surface area contributed by atoms with Crippen LogP contribution >= 0.6 is 0 Å². The average molecular weight is 308 g/mol. The van der Waals surface area contributed by atoms with E-state index in [4.69, 9.17) is 0 Å². The molecule has 2 amide bonds. The van der Waals surface area contributed by atoms with Crippen LogP contribution in [0.4, 0.5) is 11.4 Å². The number of aryl methyl sites for hydroxylation is 1. The second-order valence-corrected chi connectivity index (χ2v) is 5.51. The fourth-order valence-electron chi connectivity index (χ4n) is 2.68. The molecule has 1 aliphatic rings. The van der Waals surface area contributed by atoms with Gasteiger partial charge in [-0.1, -0.05) is 12.1 Å². The molecule has 23 heavy (non-hydrogen) atoms. The monoisotopic (exact) mass is 308 g/mol. The minimum Gasteiger partial charge on any atom is -0.388 e. The van der Waals surface area contributed by atoms with Crippen LogP contribution in [0.25, 0.3) is 0 Å². The van der Waals surface area contributed by atoms with E-state index in [1.165, 1.54) is 6.92 Å². The molecule has 0 radical (unpaired) electrons. The molecule has 3 rings (SSSR count). The molecule has 0 aromatic heterocycles. The summed E-state index contributed by atoms with van der Waals surface area (Å²) in [4.78, 5) is 38.1. The minimum absolute atomic E-state index is 0.111. The molecule has 0 saturated heterocycles. The summed E-state index contributed by atoms with van der Waals surface area (Å²) in [5, 5.41) is 2.96. The Labute approximate surface area is 133 Å². The van der Waals surface area contributed by atoms with Gasteiger partial charge in [0.25, 0.3) is 11.8 Å². The third kappa shape index (κ3) is 2.30. The van der Waals surface area contributed by atoms with Gasteiger partial charge in [-0.05, 0) is 43.7 Å². The first kappa shape index (κ1) is 15.0. The number of amides is 2. The van der Waals surface area contributed by atoms with Crippen LogP contribution in [0.3, 0.4) is 0 Å². The van der Waals surface area contributed by atoms with Gasteiger partial charge < -0.3 is 5.32 Å². The van der Waals surface area contributed by atoms with Crippen molar-refractivity contribution >= 4 is 29.0 Å². The molecule has 2 aromatic carbocycles. The number of Topliss-reactive ketones (excluding diaryl/α,β-unsaturated/α-hetero) is 1. The molecule has 5 nitrogen and oxygen atoms in total. The van der Waals surface area contributed by atoms with Crippen molar-refractivity contribution < 1.29 is 14.4 Å². The lowest BCUT2D eigenvalue weighted by Gasteiger charge is -2.17. The van der Waals surface area contributed by atoms with Crippen LogP contribution in [-0.2, 0) is 0 Å². The Morgan fingerprint density at radius 1 is 1.00 bits per heavy atom. The molecule has 1 N–H and O–H groups in total. The number of benzene rings is 2. The van der Waals surface area contributed by atoms with Crippen molar-refractivity contribution in [2.45, 2.75) is 13.8 Å². The third-order valence-corrected chi connectivity index (χ3v) is 4.03. The van der Waals surface area contributed by atoms with Crippen LogP contribution in [0.2, 0.25) is 0 Å². The highest BCUT2D eigenvalue weighted by molar-refractivity contribution is 6.35. The zero-order valence-electron chi connectivity index (χ0n) is 13.1. The van der Waals surface area contributed by atoms with Crippen molar-refractivity contribution in [3.8, 4) is 0 Å². The summed E-state index contributed by atoms with van der Waals surface area (Å²) in [6, 6.07) is 10.1. The molecule has 1 aliphatic heterocycles. The Morgan fingerprint density at radius 3 is 2.35 bits per heavy atom. The molecule has 0 spiro atoms. The Hall–Kier alpha value is -2.95. The van der Waals surface area contributed by atoms with Gasteiger partial charge in [0.15, 0.2) is 5.78 Å². The van der Waals surface area contributed by atoms with E-state index < -0.39 is 0 Å². The number of carbonyl (C=O) groups is 3. The van der Waals surface area contributed by atoms with Crippen LogP contribution in [-0.4, -0.2) is 24.6 Å². The molecule has 0 bridgehead atoms. The van der Waals surface area contributed by atoms with E-state index in [2.05, 4.69) is 5.32 Å². The number of ketones is 1. The highest BCUT2D eigenvalue weighted by atomic mass is 16.2. The lowest BCUT2D eigenvalue weighted by Crippen LogP contribution is -2.30. The molecule has 1 heterocycles. The fraction of sp³-hybridized carbons (Fsp3) is 0.167. The molecule has 116 valence electrons. The zero-order valence-corrected chi connectivity index (χ0v) is 13.1. The Balaban J connectivity index is 2.12. The largest absolute Gasteiger partial charge is 0.388 e. The lowest BCUT2D eigenvalue weighted by molar-refractivity contribution is 0.0923. The topological polar surface area (TPSA) is 66.5 Å². The highest BCUT2D eigenvalue weighted by Gasteiger charge is 2.37. The first-order valence-electron chi connectivity index (χ1n) is 7.26. The smallest absolute Gasteiger partial charge is 0.266 e. The Kier molecular flexibility index (Phi) is 3.48. The molecule has 5 heteroatoms. The van der Waals surface area contributed by atoms with E-state index in [9.17, 15) is 14.4 Å². The lowest BCUT2D eigenvalue weighted by atomic mass is 10.1. The maximum Gasteiger partial charge on any atom is 0.266 e. The maximum atomic E-state index is 12.7. The SMILES string of the molecule is CNc1ccc2c(c1)C(=O)N(c1cc(C(C)=O)ccc1C)C2=O. The quantitative estimate of drug-likeness (QED) is 0.699. The van der Waals surface area contributed by atoms with Crippen molar-refractivity contribution in [2.24, 2.45) is 0 Å². The van der Waals surface area contributed by atoms with E-state index in [-0.39, 0.29) is 17.6 Å². The van der Waals surface area contributed by atoms with Crippen LogP contribution in [0.1, 0.15) is 43.6 Å². The normalized spacial score (nSPS) is 13.3. The van der Waals surface area contributed by atoms with Crippen molar-refractivity contribution in [1.82, 2.24) is 0 Å². The first-order chi connectivity index (χ1) is 10.9. The van der Waals surface area contributed by atoms with Gasteiger partial charge in [-0.2, -0.15) is 0 Å². The standard InChI is InChI=1S/C18H16N2O3/c1-10-4-5-12(11(2)21)8-16(10)20-17(22)14-7-6-13(19-3)9-15(14)18(20)23/h4-9,19H,1-3H3. The summed E-state index contributed by atoms with van der Waals surface area (Å²) in [5.41, 5.74) is 3.20. The van der Waals surface area contributed by atoms with Crippen molar-refractivity contribution in [3.05, 3.63) is 58.7 Å². The highest BCUT2D eigenvalue weighted by Crippen LogP contribution is 2.32. The van der Waals surface area contributed by atoms with Crippen LogP contribution in [0, 0.1) is 6.92 Å². The van der Waals surface area contributed by atoms with Gasteiger partial charge >= 0.3 is 0 Å². The number of anilines is 2. The number of hydrogen-bond donors (Lipinski definition) is 1. The van der Waals surface area contributed by atoms with Crippen LogP contribution < -0.4 is 10.2 Å². The molecule has 0 fully saturated rings. The molecule has 2 aromatic rings. The summed E-state index contributed by atoms with van der Waals surface area (Å²) in [7, 11) is 1.75. The first-order valence-corrected chi connectivity index (χ1v) is 7.26. The summed E-state index contributed by atoms with van der Waals surface area (Å²) in [6.07, 6.45) is 0. The summed E-state index contributed by atoms with van der Waals surface area (Å²) in [5.74, 6) is -0.845. The van der Waals surface area contributed by atoms with Gasteiger partial charge in [0.05, 0.1) is 16.8 Å². The fourth-order valence-corrected chi connectivity index (χ4v) is 2.68. The van der Waals surface area contributed by atoms with Gasteiger partial charge in [0.1, 0.15) is 0 Å². The minimum atomic E-state index is -0.370. The van der Waals surface area contributed by atoms with Crippen LogP contribution in [0.5, 0.6) is 0 Å². The number of hydrogen-bond acceptors (Lipinski definition) is 4. The van der Waals surface area contributed by atoms with E-state index >= 15 is 0 Å². The number of fused-ring (bicyclic) bond motifs is 1. The second kappa shape index (κ2) is 5.35. The third-order valence-electron chi connectivity index (χ3n) is 4.03. The maximum absolute atomic E-state index is 12.7. The van der Waals surface area contributed by atoms with E-state index in [1.54, 1.807) is 43.4 Å². The van der Waals surface area contributed by atoms with Gasteiger partial charge in [-0.15, -0.1) is 0 Å². The number of rotatable bonds is 3. The molecule has 0 aliphatic carbocycles. The Morgan fingerprint density at radius 2 is 1.70 bits per heavy atom. The molecule has 0 unspecified atom stereocenters. The summed E-state index contributed by atoms with van der Waals surface area (Å²) >= 11 is 0. The molecule has 0 saturated carbocycles.